The van der Waals surface area contributed by atoms with Crippen LogP contribution in [0.1, 0.15) is 57.6 Å². The number of carbonyl (C=O) groups is 3. The molecular weight excluding hydrogens is 551 g/mol. The van der Waals surface area contributed by atoms with Gasteiger partial charge in [0.25, 0.3) is 5.91 Å². The predicted octanol–water partition coefficient (Wildman–Crippen LogP) is 5.51. The first-order valence-corrected chi connectivity index (χ1v) is 14.0. The summed E-state index contributed by atoms with van der Waals surface area (Å²) in [6.45, 7) is 11.3. The van der Waals surface area contributed by atoms with Gasteiger partial charge in [0.1, 0.15) is 29.9 Å². The van der Waals surface area contributed by atoms with Gasteiger partial charge in [-0.05, 0) is 62.6 Å². The third-order valence-electron chi connectivity index (χ3n) is 7.68. The maximum absolute atomic E-state index is 14.3. The number of rotatable bonds is 5. The van der Waals surface area contributed by atoms with Gasteiger partial charge in [0, 0.05) is 28.1 Å². The van der Waals surface area contributed by atoms with Crippen molar-refractivity contribution in [2.45, 2.75) is 63.5 Å². The van der Waals surface area contributed by atoms with Crippen LogP contribution < -0.4 is 5.32 Å². The number of hydrazone groups is 1. The molecule has 3 aliphatic rings. The van der Waals surface area contributed by atoms with Gasteiger partial charge in [-0.15, -0.1) is 0 Å². The molecule has 1 unspecified atom stereocenters. The van der Waals surface area contributed by atoms with E-state index in [1.54, 1.807) is 39.0 Å². The van der Waals surface area contributed by atoms with Crippen LogP contribution >= 0.6 is 23.2 Å². The van der Waals surface area contributed by atoms with Crippen molar-refractivity contribution in [2.75, 3.05) is 18.4 Å². The van der Waals surface area contributed by atoms with E-state index in [1.165, 1.54) is 5.01 Å². The van der Waals surface area contributed by atoms with Crippen LogP contribution in [0.4, 0.5) is 5.69 Å². The van der Waals surface area contributed by atoms with Crippen LogP contribution in [0.2, 0.25) is 10.0 Å². The zero-order valence-electron chi connectivity index (χ0n) is 23.0. The van der Waals surface area contributed by atoms with Gasteiger partial charge < -0.3 is 15.0 Å². The molecule has 1 fully saturated rings. The third-order valence-corrected chi connectivity index (χ3v) is 8.15. The Balaban J connectivity index is 1.68. The highest BCUT2D eigenvalue weighted by atomic mass is 35.5. The molecule has 2 amide bonds. The monoisotopic (exact) mass is 582 g/mol. The molecular formula is C30H32Cl2N4O4. The Morgan fingerprint density at radius 1 is 1.18 bits per heavy atom. The van der Waals surface area contributed by atoms with E-state index in [2.05, 4.69) is 17.0 Å². The van der Waals surface area contributed by atoms with Gasteiger partial charge in [-0.2, -0.15) is 5.10 Å². The molecule has 1 N–H and O–H groups in total. The molecule has 2 aromatic rings. The summed E-state index contributed by atoms with van der Waals surface area (Å²) < 4.78 is 5.44. The van der Waals surface area contributed by atoms with E-state index >= 15 is 0 Å². The molecule has 0 aliphatic carbocycles. The van der Waals surface area contributed by atoms with Crippen LogP contribution in [0.5, 0.6) is 0 Å². The zero-order chi connectivity index (χ0) is 29.0. The van der Waals surface area contributed by atoms with Crippen molar-refractivity contribution in [1.29, 1.82) is 0 Å². The van der Waals surface area contributed by atoms with E-state index in [9.17, 15) is 14.4 Å². The summed E-state index contributed by atoms with van der Waals surface area (Å²) in [7, 11) is 0. The number of ether oxygens (including phenoxy) is 1. The summed E-state index contributed by atoms with van der Waals surface area (Å²) in [5, 5.41) is 9.95. The summed E-state index contributed by atoms with van der Waals surface area (Å²) >= 11 is 12.8. The zero-order valence-corrected chi connectivity index (χ0v) is 24.5. The van der Waals surface area contributed by atoms with Crippen LogP contribution in [-0.2, 0) is 24.5 Å². The van der Waals surface area contributed by atoms with Gasteiger partial charge in [0.05, 0.1) is 6.04 Å². The molecule has 3 heterocycles. The second kappa shape index (κ2) is 10.2. The summed E-state index contributed by atoms with van der Waals surface area (Å²) in [6.07, 6.45) is 0.895. The molecule has 0 radical (unpaired) electrons. The second-order valence-corrected chi connectivity index (χ2v) is 12.3. The number of halogens is 2. The van der Waals surface area contributed by atoms with E-state index < -0.39 is 28.9 Å². The minimum Gasteiger partial charge on any atom is -0.459 e. The minimum atomic E-state index is -1.13. The summed E-state index contributed by atoms with van der Waals surface area (Å²) in [5.74, 6) is -0.929. The third kappa shape index (κ3) is 4.77. The lowest BCUT2D eigenvalue weighted by atomic mass is 9.58. The number of esters is 1. The molecule has 0 aromatic heterocycles. The molecule has 3 atom stereocenters. The van der Waals surface area contributed by atoms with Gasteiger partial charge in [0.2, 0.25) is 5.91 Å². The van der Waals surface area contributed by atoms with E-state index in [0.717, 1.165) is 16.7 Å². The molecule has 210 valence electrons. The fourth-order valence-corrected chi connectivity index (χ4v) is 6.53. The molecule has 3 aliphatic heterocycles. The summed E-state index contributed by atoms with van der Waals surface area (Å²) in [6, 6.07) is 12.3. The Bertz CT molecular complexity index is 1450. The second-order valence-electron chi connectivity index (χ2n) is 11.4. The fraction of sp³-hybridized carbons (Fsp3) is 0.400. The molecule has 2 aromatic carbocycles. The Hall–Kier alpha value is -3.36. The quantitative estimate of drug-likeness (QED) is 0.371. The Kier molecular flexibility index (Phi) is 7.21. The van der Waals surface area contributed by atoms with E-state index in [4.69, 9.17) is 27.9 Å². The summed E-state index contributed by atoms with van der Waals surface area (Å²) in [4.78, 5) is 42.1. The van der Waals surface area contributed by atoms with Gasteiger partial charge in [0.15, 0.2) is 0 Å². The largest absolute Gasteiger partial charge is 0.459 e. The Labute approximate surface area is 243 Å². The number of amides is 2. The number of nitrogens with zero attached hydrogens (tertiary/aromatic N) is 3. The highest BCUT2D eigenvalue weighted by Crippen LogP contribution is 2.57. The maximum Gasteiger partial charge on any atom is 0.328 e. The molecule has 5 rings (SSSR count). The summed E-state index contributed by atoms with van der Waals surface area (Å²) in [5.41, 5.74) is 1.23. The molecule has 0 bridgehead atoms. The predicted molar refractivity (Wildman–Crippen MR) is 155 cm³/mol. The van der Waals surface area contributed by atoms with Crippen molar-refractivity contribution < 1.29 is 19.1 Å². The molecule has 40 heavy (non-hydrogen) atoms. The van der Waals surface area contributed by atoms with E-state index in [0.29, 0.717) is 34.4 Å². The van der Waals surface area contributed by atoms with Crippen LogP contribution in [0.25, 0.3) is 0 Å². The van der Waals surface area contributed by atoms with Crippen LogP contribution in [0.3, 0.4) is 0 Å². The number of anilines is 1. The first-order valence-electron chi connectivity index (χ1n) is 13.3. The average molecular weight is 584 g/mol. The molecule has 8 nitrogen and oxygen atoms in total. The van der Waals surface area contributed by atoms with Crippen molar-refractivity contribution in [3.05, 3.63) is 75.8 Å². The number of fused-ring (bicyclic) bond motifs is 3. The fourth-order valence-electron chi connectivity index (χ4n) is 6.15. The van der Waals surface area contributed by atoms with Crippen molar-refractivity contribution in [3.63, 3.8) is 0 Å². The van der Waals surface area contributed by atoms with Crippen molar-refractivity contribution >= 4 is 52.5 Å². The Morgan fingerprint density at radius 2 is 1.90 bits per heavy atom. The average Bonchev–Trinajstić information content (AvgIpc) is 3.13. The molecule has 0 saturated carbocycles. The smallest absolute Gasteiger partial charge is 0.328 e. The first kappa shape index (κ1) is 28.2. The van der Waals surface area contributed by atoms with Crippen molar-refractivity contribution in [2.24, 2.45) is 5.10 Å². The first-order chi connectivity index (χ1) is 18.8. The lowest BCUT2D eigenvalue weighted by Crippen LogP contribution is -2.66. The molecule has 1 saturated heterocycles. The van der Waals surface area contributed by atoms with Crippen LogP contribution in [0, 0.1) is 0 Å². The van der Waals surface area contributed by atoms with E-state index in [1.807, 2.05) is 36.1 Å². The maximum atomic E-state index is 14.3. The van der Waals surface area contributed by atoms with Gasteiger partial charge >= 0.3 is 5.97 Å². The number of benzene rings is 2. The number of carbonyl (C=O) groups excluding carboxylic acids is 3. The molecule has 10 heteroatoms. The molecule has 1 spiro atoms. The number of nitrogens with one attached hydrogen (secondary N) is 1. The lowest BCUT2D eigenvalue weighted by molar-refractivity contribution is -0.159. The minimum absolute atomic E-state index is 0.0640. The number of amidine groups is 1. The Morgan fingerprint density at radius 3 is 2.58 bits per heavy atom. The van der Waals surface area contributed by atoms with E-state index in [-0.39, 0.29) is 24.9 Å². The standard InChI is InChI=1S/C30H32Cl2N4O4/c1-6-17(2)27-30(21-11-10-20(32)13-23(21)33-28(30)39)22(18-8-7-9-19(31)12-18)14-24-34-36(25(37)15-35(24)27)16-26(38)40-29(3,4)5/h7-13,22,27H,2,6,14-16H2,1,3-5H3,(H,33,39)/t22-,27+,30?/m0/s1. The highest BCUT2D eigenvalue weighted by Gasteiger charge is 2.63. The number of hydrogen-bond donors (Lipinski definition) is 1. The highest BCUT2D eigenvalue weighted by molar-refractivity contribution is 6.31. The SMILES string of the molecule is C=C(CC)[C@H]1N2CC(=O)N(CC(=O)OC(C)(C)C)N=C2C[C@@H](c2cccc(Cl)c2)C12C(=O)Nc1cc(Cl)ccc12. The number of piperidine rings is 1. The van der Waals surface area contributed by atoms with Crippen molar-refractivity contribution in [3.8, 4) is 0 Å². The van der Waals surface area contributed by atoms with Crippen LogP contribution in [0.15, 0.2) is 59.7 Å². The van der Waals surface area contributed by atoms with Gasteiger partial charge in [-0.3, -0.25) is 14.4 Å². The van der Waals surface area contributed by atoms with Gasteiger partial charge in [-0.1, -0.05) is 60.5 Å². The topological polar surface area (TPSA) is 91.3 Å². The van der Waals surface area contributed by atoms with Gasteiger partial charge in [-0.25, -0.2) is 5.01 Å². The van der Waals surface area contributed by atoms with Crippen molar-refractivity contribution in [1.82, 2.24) is 9.91 Å². The van der Waals surface area contributed by atoms with Crippen LogP contribution in [-0.4, -0.2) is 58.3 Å². The normalized spacial score (nSPS) is 23.9. The lowest BCUT2D eigenvalue weighted by Gasteiger charge is -2.54. The number of hydrogen-bond acceptors (Lipinski definition) is 6.